The lowest BCUT2D eigenvalue weighted by Crippen LogP contribution is -2.07. The van der Waals surface area contributed by atoms with E-state index < -0.39 is 0 Å². The van der Waals surface area contributed by atoms with Crippen LogP contribution in [0, 0.1) is 0 Å². The topological polar surface area (TPSA) is 26.3 Å². The number of halogens is 1. The third-order valence-electron chi connectivity index (χ3n) is 1.85. The lowest BCUT2D eigenvalue weighted by molar-refractivity contribution is -0.136. The summed E-state index contributed by atoms with van der Waals surface area (Å²) in [5.41, 5.74) is 2.09. The fourth-order valence-corrected chi connectivity index (χ4v) is 1.56. The van der Waals surface area contributed by atoms with Crippen molar-refractivity contribution >= 4 is 21.9 Å². The van der Waals surface area contributed by atoms with Crippen LogP contribution in [-0.2, 0) is 9.53 Å². The molecule has 3 heteroatoms. The molecule has 0 heterocycles. The largest absolute Gasteiger partial charge is 0.466 e. The highest BCUT2D eigenvalue weighted by Gasteiger charge is 2.12. The van der Waals surface area contributed by atoms with Gasteiger partial charge in [0.1, 0.15) is 0 Å². The van der Waals surface area contributed by atoms with Crippen LogP contribution in [0.4, 0.5) is 0 Å². The molecule has 0 saturated carbocycles. The van der Waals surface area contributed by atoms with Crippen molar-refractivity contribution < 1.29 is 9.53 Å². The summed E-state index contributed by atoms with van der Waals surface area (Å²) in [7, 11) is 1.41. The fourth-order valence-electron chi connectivity index (χ4n) is 1.09. The Morgan fingerprint density at radius 2 is 2.33 bits per heavy atom. The maximum Gasteiger partial charge on any atom is 0.333 e. The van der Waals surface area contributed by atoms with Gasteiger partial charge in [0, 0.05) is 10.9 Å². The molecule has 0 aromatic rings. The monoisotopic (exact) mass is 230 g/mol. The van der Waals surface area contributed by atoms with Gasteiger partial charge in [-0.05, 0) is 12.8 Å². The minimum Gasteiger partial charge on any atom is -0.466 e. The van der Waals surface area contributed by atoms with Crippen LogP contribution in [0.3, 0.4) is 0 Å². The zero-order valence-corrected chi connectivity index (χ0v) is 8.56. The van der Waals surface area contributed by atoms with Crippen molar-refractivity contribution in [1.29, 1.82) is 0 Å². The second-order valence-corrected chi connectivity index (χ2v) is 3.20. The lowest BCUT2D eigenvalue weighted by atomic mass is 10.00. The van der Waals surface area contributed by atoms with Crippen molar-refractivity contribution in [2.24, 2.45) is 0 Å². The molecule has 0 N–H and O–H groups in total. The summed E-state index contributed by atoms with van der Waals surface area (Å²) < 4.78 is 4.61. The SMILES string of the molecule is COC(=O)C1=CC=C(CBr)CC1. The van der Waals surface area contributed by atoms with Crippen molar-refractivity contribution in [3.05, 3.63) is 23.3 Å². The van der Waals surface area contributed by atoms with E-state index in [1.165, 1.54) is 12.7 Å². The van der Waals surface area contributed by atoms with E-state index in [4.69, 9.17) is 0 Å². The van der Waals surface area contributed by atoms with Gasteiger partial charge in [-0.2, -0.15) is 0 Å². The second-order valence-electron chi connectivity index (χ2n) is 2.64. The minimum absolute atomic E-state index is 0.208. The molecule has 0 amide bonds. The number of methoxy groups -OCH3 is 1. The Morgan fingerprint density at radius 3 is 2.75 bits per heavy atom. The maximum atomic E-state index is 11.0. The molecule has 1 rings (SSSR count). The Labute approximate surface area is 80.4 Å². The van der Waals surface area contributed by atoms with Gasteiger partial charge in [0.25, 0.3) is 0 Å². The van der Waals surface area contributed by atoms with E-state index >= 15 is 0 Å². The van der Waals surface area contributed by atoms with Crippen molar-refractivity contribution in [3.8, 4) is 0 Å². The van der Waals surface area contributed by atoms with Gasteiger partial charge in [-0.3, -0.25) is 0 Å². The summed E-state index contributed by atoms with van der Waals surface area (Å²) in [5, 5.41) is 0.887. The molecule has 0 aromatic heterocycles. The van der Waals surface area contributed by atoms with Crippen LogP contribution in [0.15, 0.2) is 23.3 Å². The molecule has 0 bridgehead atoms. The van der Waals surface area contributed by atoms with E-state index in [9.17, 15) is 4.79 Å². The van der Waals surface area contributed by atoms with E-state index in [1.807, 2.05) is 12.2 Å². The van der Waals surface area contributed by atoms with Crippen LogP contribution in [0.25, 0.3) is 0 Å². The van der Waals surface area contributed by atoms with Crippen LogP contribution < -0.4 is 0 Å². The molecule has 2 nitrogen and oxygen atoms in total. The van der Waals surface area contributed by atoms with Gasteiger partial charge in [-0.25, -0.2) is 4.79 Å². The van der Waals surface area contributed by atoms with Gasteiger partial charge in [-0.1, -0.05) is 33.7 Å². The predicted molar refractivity (Wildman–Crippen MR) is 51.2 cm³/mol. The van der Waals surface area contributed by atoms with Crippen LogP contribution in [0.1, 0.15) is 12.8 Å². The maximum absolute atomic E-state index is 11.0. The minimum atomic E-state index is -0.208. The summed E-state index contributed by atoms with van der Waals surface area (Å²) in [6.45, 7) is 0. The van der Waals surface area contributed by atoms with Gasteiger partial charge in [0.05, 0.1) is 7.11 Å². The zero-order valence-electron chi connectivity index (χ0n) is 6.97. The molecule has 1 aliphatic rings. The second kappa shape index (κ2) is 4.45. The number of carbonyl (C=O) groups is 1. The average Bonchev–Trinajstić information content (AvgIpc) is 2.17. The molecular weight excluding hydrogens is 220 g/mol. The molecule has 0 unspecified atom stereocenters. The number of ether oxygens (including phenoxy) is 1. The highest BCUT2D eigenvalue weighted by molar-refractivity contribution is 9.09. The average molecular weight is 231 g/mol. The molecule has 1 aliphatic carbocycles. The number of carbonyl (C=O) groups excluding carboxylic acids is 1. The summed E-state index contributed by atoms with van der Waals surface area (Å²) in [6, 6.07) is 0. The fraction of sp³-hybridized carbons (Fsp3) is 0.444. The lowest BCUT2D eigenvalue weighted by Gasteiger charge is -2.10. The molecule has 0 aromatic carbocycles. The third kappa shape index (κ3) is 2.21. The van der Waals surface area contributed by atoms with Gasteiger partial charge >= 0.3 is 5.97 Å². The Bertz CT molecular complexity index is 241. The van der Waals surface area contributed by atoms with Gasteiger partial charge in [-0.15, -0.1) is 0 Å². The van der Waals surface area contributed by atoms with Crippen molar-refractivity contribution in [2.75, 3.05) is 12.4 Å². The first kappa shape index (κ1) is 9.52. The normalized spacial score (nSPS) is 16.5. The van der Waals surface area contributed by atoms with Gasteiger partial charge in [0.15, 0.2) is 0 Å². The number of alkyl halides is 1. The Hall–Kier alpha value is -0.570. The Morgan fingerprint density at radius 1 is 1.58 bits per heavy atom. The summed E-state index contributed by atoms with van der Waals surface area (Å²) in [5.74, 6) is -0.208. The molecule has 0 radical (unpaired) electrons. The molecular formula is C9H11BrO2. The summed E-state index contributed by atoms with van der Waals surface area (Å²) >= 11 is 3.37. The first-order chi connectivity index (χ1) is 5.77. The molecule has 12 heavy (non-hydrogen) atoms. The van der Waals surface area contributed by atoms with E-state index in [-0.39, 0.29) is 5.97 Å². The molecule has 0 aliphatic heterocycles. The summed E-state index contributed by atoms with van der Waals surface area (Å²) in [4.78, 5) is 11.0. The molecule has 0 fully saturated rings. The predicted octanol–water partition coefficient (Wildman–Crippen LogP) is 2.20. The standard InChI is InChI=1S/C9H11BrO2/c1-12-9(11)8-4-2-7(6-10)3-5-8/h2,4H,3,5-6H2,1H3. The molecule has 66 valence electrons. The molecule has 0 atom stereocenters. The quantitative estimate of drug-likeness (QED) is 0.538. The first-order valence-corrected chi connectivity index (χ1v) is 4.93. The van der Waals surface area contributed by atoms with Crippen molar-refractivity contribution in [2.45, 2.75) is 12.8 Å². The van der Waals surface area contributed by atoms with Gasteiger partial charge in [0.2, 0.25) is 0 Å². The summed E-state index contributed by atoms with van der Waals surface area (Å²) in [6.07, 6.45) is 5.56. The smallest absolute Gasteiger partial charge is 0.333 e. The van der Waals surface area contributed by atoms with E-state index in [2.05, 4.69) is 20.7 Å². The number of rotatable bonds is 2. The number of allylic oxidation sites excluding steroid dienone is 3. The number of hydrogen-bond acceptors (Lipinski definition) is 2. The van der Waals surface area contributed by atoms with Crippen LogP contribution in [0.2, 0.25) is 0 Å². The van der Waals surface area contributed by atoms with Crippen LogP contribution in [-0.4, -0.2) is 18.4 Å². The van der Waals surface area contributed by atoms with Crippen LogP contribution >= 0.6 is 15.9 Å². The van der Waals surface area contributed by atoms with E-state index in [1.54, 1.807) is 0 Å². The third-order valence-corrected chi connectivity index (χ3v) is 2.58. The first-order valence-electron chi connectivity index (χ1n) is 3.81. The van der Waals surface area contributed by atoms with E-state index in [0.717, 1.165) is 23.7 Å². The van der Waals surface area contributed by atoms with Crippen LogP contribution in [0.5, 0.6) is 0 Å². The highest BCUT2D eigenvalue weighted by atomic mass is 79.9. The number of hydrogen-bond donors (Lipinski definition) is 0. The Balaban J connectivity index is 2.66. The van der Waals surface area contributed by atoms with Crippen molar-refractivity contribution in [1.82, 2.24) is 0 Å². The van der Waals surface area contributed by atoms with E-state index in [0.29, 0.717) is 0 Å². The van der Waals surface area contributed by atoms with Crippen molar-refractivity contribution in [3.63, 3.8) is 0 Å². The molecule has 0 spiro atoms. The highest BCUT2D eigenvalue weighted by Crippen LogP contribution is 2.20. The number of esters is 1. The van der Waals surface area contributed by atoms with Gasteiger partial charge < -0.3 is 4.74 Å². The Kier molecular flexibility index (Phi) is 3.53. The zero-order chi connectivity index (χ0) is 8.97. The molecule has 0 saturated heterocycles.